The molecular weight excluding hydrogens is 794 g/mol. The number of hydrogen-bond acceptors (Lipinski definition) is 3. The van der Waals surface area contributed by atoms with Crippen molar-refractivity contribution in [3.8, 4) is 0 Å². The van der Waals surface area contributed by atoms with Gasteiger partial charge in [0.05, 0.1) is 5.76 Å². The van der Waals surface area contributed by atoms with Crippen LogP contribution in [0.2, 0.25) is 0 Å². The standard InChI is InChI=1S/C13H12NO.C6H5.C3H7I.C2H5I.C2H6.H3N.W/c1-10(15)6-7-11-8-12-4-2-3-5-13(12)14-9-11;1-2-4-6-5-3-1;1-3(2)4;1-2-3;1-2;;/h3-5,8-9,15H,1,6-7H2;1-5H;3H,1-2H3;2H2,1H3;1-2H3;1H3;/q2*-1;;;;;+2. The minimum Gasteiger partial charge on any atom is -0.513 e. The van der Waals surface area contributed by atoms with Crippen molar-refractivity contribution < 1.29 is 26.2 Å². The molecule has 0 bridgehead atoms. The number of pyridine rings is 1. The summed E-state index contributed by atoms with van der Waals surface area (Å²) in [5, 5.41) is 10.1. The Morgan fingerprint density at radius 1 is 1.12 bits per heavy atom. The number of benzene rings is 2. The fraction of sp³-hybridized carbons (Fsp3) is 0.346. The number of hydrogen-bond donors (Lipinski definition) is 2. The first-order valence-electron chi connectivity index (χ1n) is 10.1. The van der Waals surface area contributed by atoms with Crippen LogP contribution in [-0.4, -0.2) is 18.4 Å². The molecule has 0 radical (unpaired) electrons. The summed E-state index contributed by atoms with van der Waals surface area (Å²) in [4.78, 5) is 4.33. The third-order valence-electron chi connectivity index (χ3n) is 2.89. The van der Waals surface area contributed by atoms with Crippen molar-refractivity contribution in [2.24, 2.45) is 0 Å². The van der Waals surface area contributed by atoms with Crippen molar-refractivity contribution >= 4 is 56.1 Å². The third-order valence-corrected chi connectivity index (χ3v) is 2.89. The molecule has 4 N–H and O–H groups in total. The average Bonchev–Trinajstić information content (AvgIpc) is 2.75. The van der Waals surface area contributed by atoms with E-state index in [9.17, 15) is 0 Å². The second kappa shape index (κ2) is 28.5. The predicted molar refractivity (Wildman–Crippen MR) is 156 cm³/mol. The Labute approximate surface area is 238 Å². The van der Waals surface area contributed by atoms with E-state index in [0.29, 0.717) is 6.42 Å². The summed E-state index contributed by atoms with van der Waals surface area (Å²) < 4.78 is 2.02. The fourth-order valence-electron chi connectivity index (χ4n) is 1.83. The SMILES string of the molecule is C=C(O)CCc1cnc2cc[c-]cc2c1.CC.CC(C)I.CCI.N.[W+2].[c-]1ccccc1. The van der Waals surface area contributed by atoms with E-state index < -0.39 is 0 Å². The number of aliphatic hydroxyl groups excluding tert-OH is 1. The van der Waals surface area contributed by atoms with E-state index in [0.717, 1.165) is 26.8 Å². The Kier molecular flexibility index (Phi) is 34.5. The first-order chi connectivity index (χ1) is 14.4. The van der Waals surface area contributed by atoms with E-state index in [1.807, 2.05) is 68.6 Å². The number of nitrogens with zero attached hydrogens (tertiary/aromatic N) is 1. The van der Waals surface area contributed by atoms with Gasteiger partial charge in [0, 0.05) is 16.5 Å². The monoisotopic (exact) mass is 832 g/mol. The van der Waals surface area contributed by atoms with Gasteiger partial charge in [-0.05, 0) is 21.9 Å². The zero-order chi connectivity index (χ0) is 23.2. The Hall–Kier alpha value is -0.502. The Balaban J connectivity index is -0.000000193. The Morgan fingerprint density at radius 2 is 1.66 bits per heavy atom. The smallest absolute Gasteiger partial charge is 0.513 e. The molecule has 2 aromatic carbocycles. The van der Waals surface area contributed by atoms with Crippen molar-refractivity contribution in [3.63, 3.8) is 0 Å². The Bertz CT molecular complexity index is 742. The molecule has 0 aliphatic heterocycles. The minimum atomic E-state index is 0. The first kappa shape index (κ1) is 38.7. The number of fused-ring (bicyclic) bond motifs is 1. The van der Waals surface area contributed by atoms with Crippen LogP contribution in [0, 0.1) is 12.1 Å². The fourth-order valence-corrected chi connectivity index (χ4v) is 1.83. The average molecular weight is 832 g/mol. The molecule has 0 saturated heterocycles. The molecule has 32 heavy (non-hydrogen) atoms. The van der Waals surface area contributed by atoms with Crippen LogP contribution in [0.5, 0.6) is 0 Å². The number of halogens is 2. The molecular formula is C26H38I2N2OW. The molecule has 0 spiro atoms. The van der Waals surface area contributed by atoms with Crippen LogP contribution in [0.1, 0.15) is 46.6 Å². The summed E-state index contributed by atoms with van der Waals surface area (Å²) in [6.45, 7) is 13.9. The molecule has 1 heterocycles. The van der Waals surface area contributed by atoms with Gasteiger partial charge in [-0.3, -0.25) is 4.98 Å². The molecule has 6 heteroatoms. The van der Waals surface area contributed by atoms with E-state index in [1.165, 1.54) is 4.43 Å². The van der Waals surface area contributed by atoms with Crippen molar-refractivity contribution in [2.75, 3.05) is 4.43 Å². The number of allylic oxidation sites excluding steroid dienone is 1. The van der Waals surface area contributed by atoms with Gasteiger partial charge in [-0.25, -0.2) is 0 Å². The van der Waals surface area contributed by atoms with Gasteiger partial charge in [0.2, 0.25) is 0 Å². The van der Waals surface area contributed by atoms with Crippen LogP contribution >= 0.6 is 45.2 Å². The van der Waals surface area contributed by atoms with Crippen molar-refractivity contribution in [2.45, 2.75) is 51.4 Å². The number of aryl methyl sites for hydroxylation is 1. The van der Waals surface area contributed by atoms with Crippen LogP contribution in [-0.2, 0) is 27.5 Å². The predicted octanol–water partition coefficient (Wildman–Crippen LogP) is 8.98. The molecule has 0 atom stereocenters. The number of rotatable bonds is 3. The van der Waals surface area contributed by atoms with Gasteiger partial charge in [-0.15, -0.1) is 17.5 Å². The van der Waals surface area contributed by atoms with Crippen LogP contribution in [0.4, 0.5) is 0 Å². The van der Waals surface area contributed by atoms with E-state index >= 15 is 0 Å². The van der Waals surface area contributed by atoms with Gasteiger partial charge in [0.1, 0.15) is 0 Å². The third kappa shape index (κ3) is 25.8. The second-order valence-corrected chi connectivity index (χ2v) is 9.90. The maximum atomic E-state index is 9.01. The van der Waals surface area contributed by atoms with Crippen LogP contribution in [0.3, 0.4) is 0 Å². The quantitative estimate of drug-likeness (QED) is 0.120. The van der Waals surface area contributed by atoms with Gasteiger partial charge in [0.25, 0.3) is 0 Å². The molecule has 0 aliphatic carbocycles. The van der Waals surface area contributed by atoms with E-state index in [4.69, 9.17) is 5.11 Å². The van der Waals surface area contributed by atoms with E-state index in [1.54, 1.807) is 0 Å². The molecule has 3 nitrogen and oxygen atoms in total. The molecule has 178 valence electrons. The zero-order valence-corrected chi connectivity index (χ0v) is 27.2. The summed E-state index contributed by atoms with van der Waals surface area (Å²) in [6, 6.07) is 23.3. The number of aliphatic hydroxyl groups is 1. The Morgan fingerprint density at radius 3 is 2.06 bits per heavy atom. The molecule has 0 saturated carbocycles. The summed E-state index contributed by atoms with van der Waals surface area (Å²) in [5.41, 5.74) is 2.08. The van der Waals surface area contributed by atoms with Gasteiger partial charge in [-0.1, -0.05) is 86.4 Å². The van der Waals surface area contributed by atoms with Crippen LogP contribution < -0.4 is 6.15 Å². The van der Waals surface area contributed by atoms with Crippen LogP contribution in [0.15, 0.2) is 73.1 Å². The van der Waals surface area contributed by atoms with Gasteiger partial charge >= 0.3 is 21.1 Å². The maximum Gasteiger partial charge on any atom is 2.00 e. The molecule has 1 aromatic heterocycles. The maximum absolute atomic E-state index is 9.01. The van der Waals surface area contributed by atoms with Crippen molar-refractivity contribution in [1.29, 1.82) is 0 Å². The van der Waals surface area contributed by atoms with Gasteiger partial charge < -0.3 is 11.3 Å². The van der Waals surface area contributed by atoms with Crippen molar-refractivity contribution in [3.05, 3.63) is 90.8 Å². The second-order valence-electron chi connectivity index (χ2n) is 5.89. The number of aromatic nitrogens is 1. The van der Waals surface area contributed by atoms with E-state index in [2.05, 4.69) is 95.7 Å². The van der Waals surface area contributed by atoms with Gasteiger partial charge in [-0.2, -0.15) is 54.6 Å². The normalized spacial score (nSPS) is 8.25. The molecule has 0 unspecified atom stereocenters. The first-order valence-corrected chi connectivity index (χ1v) is 12.9. The summed E-state index contributed by atoms with van der Waals surface area (Å²) in [6.07, 6.45) is 3.20. The molecule has 3 aromatic rings. The largest absolute Gasteiger partial charge is 2.00 e. The molecule has 0 aliphatic rings. The summed E-state index contributed by atoms with van der Waals surface area (Å²) >= 11 is 4.63. The summed E-state index contributed by atoms with van der Waals surface area (Å²) in [7, 11) is 0. The van der Waals surface area contributed by atoms with Crippen LogP contribution in [0.25, 0.3) is 10.9 Å². The topological polar surface area (TPSA) is 68.1 Å². The molecule has 3 rings (SSSR count). The summed E-state index contributed by atoms with van der Waals surface area (Å²) in [5.74, 6) is 0.217. The van der Waals surface area contributed by atoms with E-state index in [-0.39, 0.29) is 33.0 Å². The van der Waals surface area contributed by atoms with Gasteiger partial charge in [0.15, 0.2) is 0 Å². The number of alkyl halides is 2. The van der Waals surface area contributed by atoms with Crippen molar-refractivity contribution in [1.82, 2.24) is 11.1 Å². The zero-order valence-electron chi connectivity index (χ0n) is 19.9. The minimum absolute atomic E-state index is 0. The molecule has 0 amide bonds. The molecule has 0 fully saturated rings.